The molecule has 0 bridgehead atoms. The fourth-order valence-electron chi connectivity index (χ4n) is 3.06. The summed E-state index contributed by atoms with van der Waals surface area (Å²) in [6.07, 6.45) is 2.96. The molecular formula is C19H20N2. The minimum atomic E-state index is 0.526. The van der Waals surface area contributed by atoms with Crippen LogP contribution >= 0.6 is 0 Å². The summed E-state index contributed by atoms with van der Waals surface area (Å²) >= 11 is 0. The van der Waals surface area contributed by atoms with Gasteiger partial charge in [-0.15, -0.1) is 0 Å². The van der Waals surface area contributed by atoms with Crippen molar-refractivity contribution in [1.29, 1.82) is 0 Å². The number of fused-ring (bicyclic) bond motifs is 3. The molecule has 0 heterocycles. The van der Waals surface area contributed by atoms with E-state index in [0.29, 0.717) is 5.92 Å². The van der Waals surface area contributed by atoms with Crippen LogP contribution in [0.5, 0.6) is 0 Å². The Labute approximate surface area is 126 Å². The van der Waals surface area contributed by atoms with Gasteiger partial charge in [0.15, 0.2) is 0 Å². The molecule has 0 aromatic heterocycles. The van der Waals surface area contributed by atoms with E-state index in [0.717, 1.165) is 17.7 Å². The van der Waals surface area contributed by atoms with Crippen LogP contribution in [-0.4, -0.2) is 11.9 Å². The Hall–Kier alpha value is -2.22. The van der Waals surface area contributed by atoms with Crippen LogP contribution in [0.4, 0.5) is 0 Å². The van der Waals surface area contributed by atoms with Gasteiger partial charge in [0.2, 0.25) is 0 Å². The lowest BCUT2D eigenvalue weighted by Gasteiger charge is -2.10. The number of hydrogen-bond acceptors (Lipinski definition) is 2. The molecule has 21 heavy (non-hydrogen) atoms. The van der Waals surface area contributed by atoms with Crippen molar-refractivity contribution in [3.05, 3.63) is 59.2 Å². The maximum atomic E-state index is 4.12. The van der Waals surface area contributed by atoms with Gasteiger partial charge >= 0.3 is 0 Å². The summed E-state index contributed by atoms with van der Waals surface area (Å²) in [4.78, 5) is 0. The van der Waals surface area contributed by atoms with Crippen LogP contribution in [0.3, 0.4) is 0 Å². The average Bonchev–Trinajstić information content (AvgIpc) is 2.80. The summed E-state index contributed by atoms with van der Waals surface area (Å²) < 4.78 is 0. The molecule has 0 radical (unpaired) electrons. The molecular weight excluding hydrogens is 256 g/mol. The minimum absolute atomic E-state index is 0.526. The highest BCUT2D eigenvalue weighted by atomic mass is 15.2. The third-order valence-corrected chi connectivity index (χ3v) is 3.95. The number of hydrogen-bond donors (Lipinski definition) is 0. The zero-order chi connectivity index (χ0) is 14.8. The van der Waals surface area contributed by atoms with Crippen LogP contribution in [0.1, 0.15) is 49.8 Å². The second kappa shape index (κ2) is 5.65. The Bertz CT molecular complexity index is 722. The van der Waals surface area contributed by atoms with Gasteiger partial charge < -0.3 is 0 Å². The molecule has 3 rings (SSSR count). The molecule has 0 spiro atoms. The lowest BCUT2D eigenvalue weighted by Crippen LogP contribution is -1.94. The van der Waals surface area contributed by atoms with E-state index >= 15 is 0 Å². The first-order chi connectivity index (χ1) is 10.2. The largest absolute Gasteiger partial charge is 0.161 e. The van der Waals surface area contributed by atoms with Gasteiger partial charge in [0.25, 0.3) is 0 Å². The fraction of sp³-hybridized carbons (Fsp3) is 0.263. The van der Waals surface area contributed by atoms with Gasteiger partial charge in [-0.2, -0.15) is 10.2 Å². The van der Waals surface area contributed by atoms with Crippen molar-refractivity contribution in [1.82, 2.24) is 0 Å². The van der Waals surface area contributed by atoms with Crippen LogP contribution in [0.25, 0.3) is 11.1 Å². The molecule has 1 unspecified atom stereocenters. The minimum Gasteiger partial charge on any atom is -0.161 e. The normalized spacial score (nSPS) is 15.9. The Morgan fingerprint density at radius 3 is 2.57 bits per heavy atom. The third kappa shape index (κ3) is 2.54. The van der Waals surface area contributed by atoms with E-state index in [2.05, 4.69) is 59.6 Å². The van der Waals surface area contributed by atoms with Gasteiger partial charge in [0.05, 0.1) is 6.21 Å². The summed E-state index contributed by atoms with van der Waals surface area (Å²) in [5.74, 6) is 0.526. The van der Waals surface area contributed by atoms with E-state index in [1.54, 1.807) is 0 Å². The monoisotopic (exact) mass is 276 g/mol. The van der Waals surface area contributed by atoms with Crippen LogP contribution in [-0.2, 0) is 0 Å². The molecule has 0 saturated heterocycles. The van der Waals surface area contributed by atoms with E-state index in [1.165, 1.54) is 22.3 Å². The lowest BCUT2D eigenvalue weighted by atomic mass is 9.94. The predicted molar refractivity (Wildman–Crippen MR) is 90.4 cm³/mol. The lowest BCUT2D eigenvalue weighted by molar-refractivity contribution is 0.797. The highest BCUT2D eigenvalue weighted by molar-refractivity contribution is 5.87. The molecule has 1 atom stereocenters. The zero-order valence-corrected chi connectivity index (χ0v) is 12.8. The molecule has 0 N–H and O–H groups in total. The van der Waals surface area contributed by atoms with Crippen LogP contribution in [0.15, 0.2) is 52.7 Å². The van der Waals surface area contributed by atoms with E-state index in [4.69, 9.17) is 0 Å². The zero-order valence-electron chi connectivity index (χ0n) is 12.8. The molecule has 106 valence electrons. The summed E-state index contributed by atoms with van der Waals surface area (Å²) in [7, 11) is 0. The molecule has 2 aromatic rings. The predicted octanol–water partition coefficient (Wildman–Crippen LogP) is 5.02. The molecule has 1 aliphatic carbocycles. The molecule has 2 nitrogen and oxygen atoms in total. The fourth-order valence-corrected chi connectivity index (χ4v) is 3.06. The van der Waals surface area contributed by atoms with Crippen molar-refractivity contribution in [2.24, 2.45) is 10.2 Å². The Kier molecular flexibility index (Phi) is 3.70. The maximum absolute atomic E-state index is 4.12. The topological polar surface area (TPSA) is 24.7 Å². The molecule has 2 heteroatoms. The van der Waals surface area contributed by atoms with Gasteiger partial charge in [0.1, 0.15) is 0 Å². The first kappa shape index (κ1) is 13.7. The molecule has 0 aliphatic heterocycles. The molecule has 0 saturated carbocycles. The summed E-state index contributed by atoms with van der Waals surface area (Å²) in [5.41, 5.74) is 7.66. The van der Waals surface area contributed by atoms with Crippen molar-refractivity contribution in [3.63, 3.8) is 0 Å². The maximum Gasteiger partial charge on any atom is 0.0568 e. The Morgan fingerprint density at radius 2 is 1.81 bits per heavy atom. The summed E-state index contributed by atoms with van der Waals surface area (Å²) in [6, 6.07) is 15.3. The van der Waals surface area contributed by atoms with Crippen molar-refractivity contribution in [2.45, 2.75) is 33.1 Å². The van der Waals surface area contributed by atoms with Gasteiger partial charge in [-0.1, -0.05) is 43.3 Å². The van der Waals surface area contributed by atoms with Gasteiger partial charge in [-0.25, -0.2) is 0 Å². The van der Waals surface area contributed by atoms with Crippen molar-refractivity contribution >= 4 is 11.9 Å². The van der Waals surface area contributed by atoms with Crippen LogP contribution < -0.4 is 0 Å². The second-order valence-electron chi connectivity index (χ2n) is 5.69. The van der Waals surface area contributed by atoms with Gasteiger partial charge in [0, 0.05) is 11.6 Å². The SMILES string of the molecule is CCC1c2ccccc2-c2cc(/C=N\N=C(C)C)ccc21. The van der Waals surface area contributed by atoms with Crippen molar-refractivity contribution in [2.75, 3.05) is 0 Å². The number of rotatable bonds is 3. The van der Waals surface area contributed by atoms with E-state index in [9.17, 15) is 0 Å². The smallest absolute Gasteiger partial charge is 0.0568 e. The molecule has 0 amide bonds. The third-order valence-electron chi connectivity index (χ3n) is 3.95. The van der Waals surface area contributed by atoms with E-state index in [-0.39, 0.29) is 0 Å². The summed E-state index contributed by atoms with van der Waals surface area (Å²) in [5, 5.41) is 8.20. The Balaban J connectivity index is 2.04. The molecule has 2 aromatic carbocycles. The second-order valence-corrected chi connectivity index (χ2v) is 5.69. The van der Waals surface area contributed by atoms with E-state index in [1.807, 2.05) is 20.1 Å². The number of benzene rings is 2. The van der Waals surface area contributed by atoms with Crippen molar-refractivity contribution < 1.29 is 0 Å². The standard InChI is InChI=1S/C19H20N2/c1-4-15-16-7-5-6-8-17(16)19-11-14(9-10-18(15)19)12-20-21-13(2)3/h5-12,15H,4H2,1-3H3/b20-12-. The first-order valence-corrected chi connectivity index (χ1v) is 7.48. The van der Waals surface area contributed by atoms with Gasteiger partial charge in [-0.05, 0) is 54.2 Å². The highest BCUT2D eigenvalue weighted by Crippen LogP contribution is 2.46. The molecule has 1 aliphatic rings. The van der Waals surface area contributed by atoms with E-state index < -0.39 is 0 Å². The van der Waals surface area contributed by atoms with Crippen molar-refractivity contribution in [3.8, 4) is 11.1 Å². The van der Waals surface area contributed by atoms with Crippen LogP contribution in [0, 0.1) is 0 Å². The summed E-state index contributed by atoms with van der Waals surface area (Å²) in [6.45, 7) is 6.15. The first-order valence-electron chi connectivity index (χ1n) is 7.48. The highest BCUT2D eigenvalue weighted by Gasteiger charge is 2.26. The van der Waals surface area contributed by atoms with Crippen LogP contribution in [0.2, 0.25) is 0 Å². The average molecular weight is 276 g/mol. The quantitative estimate of drug-likeness (QED) is 0.555. The number of nitrogens with zero attached hydrogens (tertiary/aromatic N) is 2. The van der Waals surface area contributed by atoms with Gasteiger partial charge in [-0.3, -0.25) is 0 Å². The Morgan fingerprint density at radius 1 is 1.05 bits per heavy atom. The molecule has 0 fully saturated rings.